The van der Waals surface area contributed by atoms with Gasteiger partial charge in [0.1, 0.15) is 11.8 Å². The lowest BCUT2D eigenvalue weighted by Crippen LogP contribution is -2.34. The number of rotatable bonds is 7. The normalized spacial score (nSPS) is 13.6. The SMILES string of the molecule is Cc1cc(NC(=O)[C@H](N[C@H](C)c2ccc(S(C)(=O)=O)cc2)c2ccccc2)no1. The average molecular weight is 413 g/mol. The third-order valence-electron chi connectivity index (χ3n) is 4.50. The van der Waals surface area contributed by atoms with Gasteiger partial charge in [0, 0.05) is 18.4 Å². The van der Waals surface area contributed by atoms with E-state index in [2.05, 4.69) is 15.8 Å². The van der Waals surface area contributed by atoms with Gasteiger partial charge in [-0.3, -0.25) is 10.1 Å². The highest BCUT2D eigenvalue weighted by molar-refractivity contribution is 7.90. The highest BCUT2D eigenvalue weighted by atomic mass is 32.2. The Bertz CT molecular complexity index is 1080. The van der Waals surface area contributed by atoms with Gasteiger partial charge in [-0.1, -0.05) is 47.6 Å². The molecule has 0 spiro atoms. The zero-order valence-corrected chi connectivity index (χ0v) is 17.2. The van der Waals surface area contributed by atoms with Gasteiger partial charge in [-0.25, -0.2) is 8.42 Å². The quantitative estimate of drug-likeness (QED) is 0.615. The van der Waals surface area contributed by atoms with Crippen molar-refractivity contribution in [3.05, 3.63) is 77.6 Å². The Hall–Kier alpha value is -2.97. The summed E-state index contributed by atoms with van der Waals surface area (Å²) in [5.74, 6) is 0.674. The van der Waals surface area contributed by atoms with Gasteiger partial charge in [0.15, 0.2) is 15.7 Å². The van der Waals surface area contributed by atoms with E-state index in [0.717, 1.165) is 11.1 Å². The fourth-order valence-electron chi connectivity index (χ4n) is 2.94. The molecule has 2 N–H and O–H groups in total. The zero-order valence-electron chi connectivity index (χ0n) is 16.4. The molecular weight excluding hydrogens is 390 g/mol. The first-order chi connectivity index (χ1) is 13.7. The number of anilines is 1. The smallest absolute Gasteiger partial charge is 0.247 e. The van der Waals surface area contributed by atoms with Gasteiger partial charge < -0.3 is 9.84 Å². The third kappa shape index (κ3) is 5.30. The molecule has 2 aromatic carbocycles. The van der Waals surface area contributed by atoms with Gasteiger partial charge in [0.2, 0.25) is 5.91 Å². The Labute approximate surface area is 170 Å². The van der Waals surface area contributed by atoms with Gasteiger partial charge >= 0.3 is 0 Å². The van der Waals surface area contributed by atoms with Gasteiger partial charge in [0.25, 0.3) is 0 Å². The van der Waals surface area contributed by atoms with E-state index >= 15 is 0 Å². The molecule has 2 atom stereocenters. The molecule has 0 saturated heterocycles. The number of amides is 1. The Morgan fingerprint density at radius 2 is 1.69 bits per heavy atom. The number of nitrogens with one attached hydrogen (secondary N) is 2. The topological polar surface area (TPSA) is 101 Å². The summed E-state index contributed by atoms with van der Waals surface area (Å²) in [4.78, 5) is 13.2. The van der Waals surface area contributed by atoms with Crippen LogP contribution in [0.15, 0.2) is 70.1 Å². The summed E-state index contributed by atoms with van der Waals surface area (Å²) in [7, 11) is -3.26. The Morgan fingerprint density at radius 1 is 1.03 bits per heavy atom. The van der Waals surface area contributed by atoms with Crippen LogP contribution in [-0.4, -0.2) is 25.7 Å². The van der Waals surface area contributed by atoms with E-state index in [9.17, 15) is 13.2 Å². The lowest BCUT2D eigenvalue weighted by atomic mass is 10.0. The van der Waals surface area contributed by atoms with Gasteiger partial charge in [-0.15, -0.1) is 0 Å². The summed E-state index contributed by atoms with van der Waals surface area (Å²) in [6, 6.07) is 16.8. The molecule has 7 nitrogen and oxygen atoms in total. The van der Waals surface area contributed by atoms with E-state index in [1.54, 1.807) is 37.3 Å². The summed E-state index contributed by atoms with van der Waals surface area (Å²) in [6.07, 6.45) is 1.17. The summed E-state index contributed by atoms with van der Waals surface area (Å²) in [5, 5.41) is 9.89. The van der Waals surface area contributed by atoms with Gasteiger partial charge in [-0.2, -0.15) is 0 Å². The van der Waals surface area contributed by atoms with Crippen molar-refractivity contribution in [2.75, 3.05) is 11.6 Å². The molecule has 0 saturated carbocycles. The lowest BCUT2D eigenvalue weighted by molar-refractivity contribution is -0.118. The van der Waals surface area contributed by atoms with E-state index in [-0.39, 0.29) is 16.8 Å². The monoisotopic (exact) mass is 413 g/mol. The molecule has 0 aliphatic heterocycles. The molecule has 8 heteroatoms. The number of hydrogen-bond acceptors (Lipinski definition) is 6. The second-order valence-electron chi connectivity index (χ2n) is 6.89. The van der Waals surface area contributed by atoms with E-state index in [4.69, 9.17) is 4.52 Å². The minimum Gasteiger partial charge on any atom is -0.360 e. The molecule has 1 aromatic heterocycles. The van der Waals surface area contributed by atoms with E-state index < -0.39 is 15.9 Å². The highest BCUT2D eigenvalue weighted by Crippen LogP contribution is 2.22. The van der Waals surface area contributed by atoms with Crippen LogP contribution in [0.5, 0.6) is 0 Å². The van der Waals surface area contributed by atoms with Crippen LogP contribution in [0.2, 0.25) is 0 Å². The van der Waals surface area contributed by atoms with Crippen LogP contribution >= 0.6 is 0 Å². The first-order valence-corrected chi connectivity index (χ1v) is 11.0. The maximum absolute atomic E-state index is 12.9. The van der Waals surface area contributed by atoms with Crippen molar-refractivity contribution in [2.45, 2.75) is 30.8 Å². The second kappa shape index (κ2) is 8.59. The molecule has 1 amide bonds. The van der Waals surface area contributed by atoms with Crippen LogP contribution in [0, 0.1) is 6.92 Å². The highest BCUT2D eigenvalue weighted by Gasteiger charge is 2.24. The third-order valence-corrected chi connectivity index (χ3v) is 5.63. The summed E-state index contributed by atoms with van der Waals surface area (Å²) in [5.41, 5.74) is 1.66. The van der Waals surface area contributed by atoms with Gasteiger partial charge in [0.05, 0.1) is 4.90 Å². The molecule has 29 heavy (non-hydrogen) atoms. The minimum absolute atomic E-state index is 0.210. The number of sulfone groups is 1. The first-order valence-electron chi connectivity index (χ1n) is 9.09. The maximum Gasteiger partial charge on any atom is 0.247 e. The molecule has 0 radical (unpaired) electrons. The number of aryl methyl sites for hydroxylation is 1. The molecule has 0 bridgehead atoms. The molecule has 3 aromatic rings. The largest absolute Gasteiger partial charge is 0.360 e. The van der Waals surface area contributed by atoms with Crippen LogP contribution in [0.25, 0.3) is 0 Å². The molecule has 3 rings (SSSR count). The first kappa shape index (κ1) is 20.8. The average Bonchev–Trinajstić information content (AvgIpc) is 3.10. The Kier molecular flexibility index (Phi) is 6.14. The Morgan fingerprint density at radius 3 is 2.24 bits per heavy atom. The van der Waals surface area contributed by atoms with Crippen molar-refractivity contribution in [1.82, 2.24) is 10.5 Å². The fourth-order valence-corrected chi connectivity index (χ4v) is 3.57. The number of aromatic nitrogens is 1. The molecule has 1 heterocycles. The standard InChI is InChI=1S/C21H23N3O4S/c1-14-13-19(24-28-14)23-21(25)20(17-7-5-4-6-8-17)22-15(2)16-9-11-18(12-10-16)29(3,26)27/h4-13,15,20,22H,1-3H3,(H,23,24,25)/t15-,20-/m1/s1. The van der Waals surface area contributed by atoms with Crippen molar-refractivity contribution >= 4 is 21.6 Å². The summed E-state index contributed by atoms with van der Waals surface area (Å²) in [6.45, 7) is 3.66. The Balaban J connectivity index is 1.81. The van der Waals surface area contributed by atoms with Crippen molar-refractivity contribution in [3.8, 4) is 0 Å². The van der Waals surface area contributed by atoms with Crippen LogP contribution in [0.3, 0.4) is 0 Å². The lowest BCUT2D eigenvalue weighted by Gasteiger charge is -2.23. The van der Waals surface area contributed by atoms with Crippen molar-refractivity contribution in [1.29, 1.82) is 0 Å². The van der Waals surface area contributed by atoms with Crippen LogP contribution < -0.4 is 10.6 Å². The van der Waals surface area contributed by atoms with Crippen molar-refractivity contribution in [2.24, 2.45) is 0 Å². The molecule has 0 unspecified atom stereocenters. The maximum atomic E-state index is 12.9. The minimum atomic E-state index is -3.26. The van der Waals surface area contributed by atoms with Crippen molar-refractivity contribution < 1.29 is 17.7 Å². The number of benzene rings is 2. The van der Waals surface area contributed by atoms with Gasteiger partial charge in [-0.05, 0) is 37.1 Å². The zero-order chi connectivity index (χ0) is 21.0. The predicted octanol–water partition coefficient (Wildman–Crippen LogP) is 3.42. The number of hydrogen-bond donors (Lipinski definition) is 2. The van der Waals surface area contributed by atoms with E-state index in [1.165, 1.54) is 6.26 Å². The van der Waals surface area contributed by atoms with E-state index in [0.29, 0.717) is 11.6 Å². The van der Waals surface area contributed by atoms with E-state index in [1.807, 2.05) is 37.3 Å². The summed E-state index contributed by atoms with van der Waals surface area (Å²) < 4.78 is 28.3. The van der Waals surface area contributed by atoms with Crippen LogP contribution in [0.1, 0.15) is 35.9 Å². The molecule has 0 aliphatic rings. The fraction of sp³-hybridized carbons (Fsp3) is 0.238. The van der Waals surface area contributed by atoms with Crippen LogP contribution in [0.4, 0.5) is 5.82 Å². The molecule has 0 fully saturated rings. The van der Waals surface area contributed by atoms with Crippen molar-refractivity contribution in [3.63, 3.8) is 0 Å². The number of carbonyl (C=O) groups is 1. The molecule has 0 aliphatic carbocycles. The number of nitrogens with zero attached hydrogens (tertiary/aromatic N) is 1. The molecular formula is C21H23N3O4S. The number of carbonyl (C=O) groups excluding carboxylic acids is 1. The summed E-state index contributed by atoms with van der Waals surface area (Å²) >= 11 is 0. The molecule has 152 valence electrons. The van der Waals surface area contributed by atoms with Crippen LogP contribution in [-0.2, 0) is 14.6 Å². The second-order valence-corrected chi connectivity index (χ2v) is 8.90. The predicted molar refractivity (Wildman–Crippen MR) is 110 cm³/mol.